The van der Waals surface area contributed by atoms with Gasteiger partial charge in [0.15, 0.2) is 5.60 Å². The summed E-state index contributed by atoms with van der Waals surface area (Å²) in [5.41, 5.74) is -1.41. The number of allylic oxidation sites excluding steroid dienone is 4. The molecule has 0 spiro atoms. The minimum absolute atomic E-state index is 0.206. The van der Waals surface area contributed by atoms with Crippen LogP contribution in [0.3, 0.4) is 0 Å². The van der Waals surface area contributed by atoms with Crippen molar-refractivity contribution in [2.45, 2.75) is 233 Å². The largest absolute Gasteiger partial charge is 0.451 e. The zero-order valence-electron chi connectivity index (χ0n) is 34.9. The molecule has 1 atom stereocenters. The van der Waals surface area contributed by atoms with Crippen LogP contribution in [0.15, 0.2) is 37.0 Å². The Kier molecular flexibility index (Phi) is 31.7. The molecular formula is C46H82O6. The van der Waals surface area contributed by atoms with Crippen LogP contribution in [0, 0.1) is 5.92 Å². The van der Waals surface area contributed by atoms with Crippen LogP contribution in [0.4, 0.5) is 0 Å². The monoisotopic (exact) mass is 731 g/mol. The zero-order valence-corrected chi connectivity index (χ0v) is 34.9. The summed E-state index contributed by atoms with van der Waals surface area (Å²) in [6.07, 6.45) is 41.4. The van der Waals surface area contributed by atoms with Gasteiger partial charge in [-0.3, -0.25) is 9.59 Å². The molecule has 0 heterocycles. The maximum absolute atomic E-state index is 13.1. The van der Waals surface area contributed by atoms with Crippen LogP contribution in [-0.2, 0) is 28.6 Å². The molecule has 0 bridgehead atoms. The van der Waals surface area contributed by atoms with Crippen molar-refractivity contribution in [1.82, 2.24) is 0 Å². The number of ether oxygens (including phenoxy) is 3. The van der Waals surface area contributed by atoms with Crippen molar-refractivity contribution in [2.75, 3.05) is 0 Å². The number of hydrogen-bond donors (Lipinski definition) is 0. The Hall–Kier alpha value is -2.37. The molecule has 0 saturated heterocycles. The van der Waals surface area contributed by atoms with E-state index < -0.39 is 35.2 Å². The van der Waals surface area contributed by atoms with Crippen molar-refractivity contribution >= 4 is 17.9 Å². The Morgan fingerprint density at radius 3 is 1.17 bits per heavy atom. The van der Waals surface area contributed by atoms with Gasteiger partial charge >= 0.3 is 17.9 Å². The first-order valence-electron chi connectivity index (χ1n) is 21.6. The molecule has 0 aliphatic rings. The third kappa shape index (κ3) is 25.6. The summed E-state index contributed by atoms with van der Waals surface area (Å²) < 4.78 is 17.6. The van der Waals surface area contributed by atoms with E-state index in [1.54, 1.807) is 27.7 Å². The summed E-state index contributed by atoms with van der Waals surface area (Å²) in [5, 5.41) is 0. The van der Waals surface area contributed by atoms with Gasteiger partial charge in [-0.05, 0) is 78.1 Å². The van der Waals surface area contributed by atoms with Gasteiger partial charge in [0, 0.05) is 24.8 Å². The van der Waals surface area contributed by atoms with Crippen LogP contribution in [0.25, 0.3) is 0 Å². The SMILES string of the molecule is C=CC(=O)OC(OC(=O)CCCCCCC/C=C\CCCCCCCC)(C(C)C)C(C)(C)OC(=O)CCCCCCC/C=C\CCCCCCCC. The number of rotatable bonds is 36. The first kappa shape index (κ1) is 49.6. The molecule has 0 aliphatic heterocycles. The molecule has 0 aromatic heterocycles. The lowest BCUT2D eigenvalue weighted by Crippen LogP contribution is -2.61. The van der Waals surface area contributed by atoms with Gasteiger partial charge in [-0.1, -0.05) is 161 Å². The predicted octanol–water partition coefficient (Wildman–Crippen LogP) is 14.0. The van der Waals surface area contributed by atoms with Crippen molar-refractivity contribution < 1.29 is 28.6 Å². The van der Waals surface area contributed by atoms with E-state index in [-0.39, 0.29) is 12.8 Å². The average molecular weight is 731 g/mol. The second-order valence-electron chi connectivity index (χ2n) is 15.6. The van der Waals surface area contributed by atoms with Crippen LogP contribution >= 0.6 is 0 Å². The number of hydrogen-bond acceptors (Lipinski definition) is 6. The number of carbonyl (C=O) groups is 3. The van der Waals surface area contributed by atoms with Crippen LogP contribution < -0.4 is 0 Å². The number of esters is 3. The molecule has 302 valence electrons. The Labute approximate surface area is 321 Å². The van der Waals surface area contributed by atoms with Gasteiger partial charge in [-0.15, -0.1) is 0 Å². The summed E-state index contributed by atoms with van der Waals surface area (Å²) in [6.45, 7) is 14.9. The van der Waals surface area contributed by atoms with Gasteiger partial charge in [-0.2, -0.15) is 0 Å². The highest BCUT2D eigenvalue weighted by atomic mass is 16.8. The fourth-order valence-electron chi connectivity index (χ4n) is 6.70. The van der Waals surface area contributed by atoms with Crippen LogP contribution in [-0.4, -0.2) is 29.3 Å². The van der Waals surface area contributed by atoms with E-state index >= 15 is 0 Å². The van der Waals surface area contributed by atoms with Crippen molar-refractivity contribution in [1.29, 1.82) is 0 Å². The fourth-order valence-corrected chi connectivity index (χ4v) is 6.70. The van der Waals surface area contributed by atoms with Gasteiger partial charge in [0.05, 0.1) is 0 Å². The molecular weight excluding hydrogens is 649 g/mol. The minimum atomic E-state index is -1.78. The molecule has 0 aromatic carbocycles. The maximum Gasteiger partial charge on any atom is 0.333 e. The molecule has 0 amide bonds. The quantitative estimate of drug-likeness (QED) is 0.0210. The molecule has 6 nitrogen and oxygen atoms in total. The first-order valence-corrected chi connectivity index (χ1v) is 21.6. The van der Waals surface area contributed by atoms with Gasteiger partial charge in [0.25, 0.3) is 5.79 Å². The minimum Gasteiger partial charge on any atom is -0.451 e. The van der Waals surface area contributed by atoms with E-state index in [0.717, 1.165) is 70.3 Å². The molecule has 0 aliphatic carbocycles. The summed E-state index contributed by atoms with van der Waals surface area (Å²) in [6, 6.07) is 0. The number of unbranched alkanes of at least 4 members (excludes halogenated alkanes) is 22. The van der Waals surface area contributed by atoms with Gasteiger partial charge in [0.1, 0.15) is 0 Å². The molecule has 1 unspecified atom stereocenters. The molecule has 0 radical (unpaired) electrons. The van der Waals surface area contributed by atoms with Crippen molar-refractivity contribution in [3.63, 3.8) is 0 Å². The molecule has 52 heavy (non-hydrogen) atoms. The fraction of sp³-hybridized carbons (Fsp3) is 0.804. The summed E-state index contributed by atoms with van der Waals surface area (Å²) in [7, 11) is 0. The van der Waals surface area contributed by atoms with E-state index in [1.807, 2.05) is 0 Å². The van der Waals surface area contributed by atoms with E-state index in [1.165, 1.54) is 96.3 Å². The topological polar surface area (TPSA) is 78.9 Å². The molecule has 0 aromatic rings. The average Bonchev–Trinajstić information content (AvgIpc) is 3.10. The number of carbonyl (C=O) groups excluding carboxylic acids is 3. The third-order valence-electron chi connectivity index (χ3n) is 9.94. The zero-order chi connectivity index (χ0) is 38.8. The summed E-state index contributed by atoms with van der Waals surface area (Å²) >= 11 is 0. The summed E-state index contributed by atoms with van der Waals surface area (Å²) in [4.78, 5) is 38.6. The standard InChI is InChI=1S/C46H82O6/c1-8-11-13-15-17-19-21-23-25-27-29-31-33-35-37-39-43(48)50-45(6,7)46(41(4)5,51-42(47)10-3)52-44(49)40-38-36-34-32-30-28-26-24-22-20-18-16-14-12-9-2/h10,23-26,41H,3,8-9,11-22,27-40H2,1-2,4-7H3/b25-23-,26-24-. The first-order chi connectivity index (χ1) is 25.1. The maximum atomic E-state index is 13.1. The van der Waals surface area contributed by atoms with Crippen LogP contribution in [0.1, 0.15) is 221 Å². The van der Waals surface area contributed by atoms with Crippen molar-refractivity contribution in [3.05, 3.63) is 37.0 Å². The van der Waals surface area contributed by atoms with Crippen molar-refractivity contribution in [2.24, 2.45) is 5.92 Å². The smallest absolute Gasteiger partial charge is 0.333 e. The molecule has 0 saturated carbocycles. The van der Waals surface area contributed by atoms with Crippen LogP contribution in [0.5, 0.6) is 0 Å². The lowest BCUT2D eigenvalue weighted by molar-refractivity contribution is -0.305. The Bertz CT molecular complexity index is 964. The Morgan fingerprint density at radius 2 is 0.827 bits per heavy atom. The van der Waals surface area contributed by atoms with E-state index in [4.69, 9.17) is 14.2 Å². The Balaban J connectivity index is 4.57. The predicted molar refractivity (Wildman–Crippen MR) is 219 cm³/mol. The van der Waals surface area contributed by atoms with E-state index in [9.17, 15) is 14.4 Å². The highest BCUT2D eigenvalue weighted by Gasteiger charge is 2.57. The normalized spacial score (nSPS) is 13.1. The molecule has 0 rings (SSSR count). The third-order valence-corrected chi connectivity index (χ3v) is 9.94. The summed E-state index contributed by atoms with van der Waals surface area (Å²) in [5.74, 6) is -3.85. The van der Waals surface area contributed by atoms with E-state index in [0.29, 0.717) is 6.42 Å². The lowest BCUT2D eigenvalue weighted by atomic mass is 9.86. The lowest BCUT2D eigenvalue weighted by Gasteiger charge is -2.45. The van der Waals surface area contributed by atoms with Gasteiger partial charge in [-0.25, -0.2) is 4.79 Å². The van der Waals surface area contributed by atoms with Gasteiger partial charge in [0.2, 0.25) is 0 Å². The molecule has 0 fully saturated rings. The van der Waals surface area contributed by atoms with Gasteiger partial charge < -0.3 is 14.2 Å². The van der Waals surface area contributed by atoms with Crippen molar-refractivity contribution in [3.8, 4) is 0 Å². The highest BCUT2D eigenvalue weighted by Crippen LogP contribution is 2.39. The molecule has 0 N–H and O–H groups in total. The van der Waals surface area contributed by atoms with Crippen LogP contribution in [0.2, 0.25) is 0 Å². The Morgan fingerprint density at radius 1 is 0.500 bits per heavy atom. The second kappa shape index (κ2) is 33.2. The molecule has 6 heteroatoms. The van der Waals surface area contributed by atoms with E-state index in [2.05, 4.69) is 44.7 Å². The second-order valence-corrected chi connectivity index (χ2v) is 15.6. The highest BCUT2D eigenvalue weighted by molar-refractivity contribution is 5.82.